The van der Waals surface area contributed by atoms with Crippen LogP contribution in [0.2, 0.25) is 5.02 Å². The first-order valence-corrected chi connectivity index (χ1v) is 7.31. The standard InChI is InChI=1S/C14H26ClN3O/c1-5-11-13(15)12(18(4)17-11)9-16-10-14(2,3)7-6-8-19/h16,19H,5-10H2,1-4H3. The molecule has 4 nitrogen and oxygen atoms in total. The van der Waals surface area contributed by atoms with Crippen molar-refractivity contribution in [3.05, 3.63) is 16.4 Å². The molecule has 0 radical (unpaired) electrons. The fraction of sp³-hybridized carbons (Fsp3) is 0.786. The maximum atomic E-state index is 8.89. The Hall–Kier alpha value is -0.580. The van der Waals surface area contributed by atoms with Gasteiger partial charge in [-0.05, 0) is 24.7 Å². The number of nitrogens with one attached hydrogen (secondary N) is 1. The van der Waals surface area contributed by atoms with Crippen LogP contribution in [0.4, 0.5) is 0 Å². The fourth-order valence-corrected chi connectivity index (χ4v) is 2.54. The Morgan fingerprint density at radius 2 is 2.11 bits per heavy atom. The molecule has 0 aromatic carbocycles. The Morgan fingerprint density at radius 1 is 1.42 bits per heavy atom. The summed E-state index contributed by atoms with van der Waals surface area (Å²) in [6.07, 6.45) is 2.71. The maximum Gasteiger partial charge on any atom is 0.0863 e. The number of halogens is 1. The SMILES string of the molecule is CCc1nn(C)c(CNCC(C)(C)CCCO)c1Cl. The molecule has 19 heavy (non-hydrogen) atoms. The zero-order valence-electron chi connectivity index (χ0n) is 12.5. The molecule has 1 heterocycles. The third-order valence-corrected chi connectivity index (χ3v) is 3.85. The zero-order chi connectivity index (χ0) is 14.5. The fourth-order valence-electron chi connectivity index (χ4n) is 2.18. The Balaban J connectivity index is 2.51. The Bertz CT molecular complexity index is 402. The largest absolute Gasteiger partial charge is 0.396 e. The van der Waals surface area contributed by atoms with E-state index in [0.29, 0.717) is 0 Å². The lowest BCUT2D eigenvalue weighted by atomic mass is 9.88. The molecular formula is C14H26ClN3O. The predicted octanol–water partition coefficient (Wildman–Crippen LogP) is 2.52. The molecule has 0 atom stereocenters. The predicted molar refractivity (Wildman–Crippen MR) is 79.4 cm³/mol. The molecule has 0 amide bonds. The van der Waals surface area contributed by atoms with Gasteiger partial charge in [-0.2, -0.15) is 5.10 Å². The summed E-state index contributed by atoms with van der Waals surface area (Å²) in [5, 5.41) is 17.5. The maximum absolute atomic E-state index is 8.89. The highest BCUT2D eigenvalue weighted by Gasteiger charge is 2.18. The molecular weight excluding hydrogens is 262 g/mol. The van der Waals surface area contributed by atoms with Gasteiger partial charge in [0.25, 0.3) is 0 Å². The summed E-state index contributed by atoms with van der Waals surface area (Å²) in [4.78, 5) is 0. The van der Waals surface area contributed by atoms with Gasteiger partial charge in [0.15, 0.2) is 0 Å². The molecule has 5 heteroatoms. The van der Waals surface area contributed by atoms with Crippen LogP contribution in [0.25, 0.3) is 0 Å². The van der Waals surface area contributed by atoms with Crippen LogP contribution in [0.5, 0.6) is 0 Å². The topological polar surface area (TPSA) is 50.1 Å². The molecule has 1 rings (SSSR count). The number of nitrogens with zero attached hydrogens (tertiary/aromatic N) is 2. The van der Waals surface area contributed by atoms with Crippen molar-refractivity contribution in [1.82, 2.24) is 15.1 Å². The van der Waals surface area contributed by atoms with E-state index >= 15 is 0 Å². The van der Waals surface area contributed by atoms with E-state index in [4.69, 9.17) is 16.7 Å². The molecule has 0 unspecified atom stereocenters. The van der Waals surface area contributed by atoms with Crippen LogP contribution in [0.1, 0.15) is 45.0 Å². The van der Waals surface area contributed by atoms with Crippen LogP contribution in [0.15, 0.2) is 0 Å². The number of rotatable bonds is 8. The van der Waals surface area contributed by atoms with E-state index in [9.17, 15) is 0 Å². The van der Waals surface area contributed by atoms with E-state index in [-0.39, 0.29) is 12.0 Å². The minimum atomic E-state index is 0.182. The van der Waals surface area contributed by atoms with Crippen molar-refractivity contribution in [2.75, 3.05) is 13.2 Å². The van der Waals surface area contributed by atoms with Gasteiger partial charge in [-0.15, -0.1) is 0 Å². The molecule has 1 aromatic rings. The molecule has 0 bridgehead atoms. The van der Waals surface area contributed by atoms with Gasteiger partial charge in [-0.3, -0.25) is 4.68 Å². The first-order chi connectivity index (χ1) is 8.91. The molecule has 110 valence electrons. The minimum Gasteiger partial charge on any atom is -0.396 e. The van der Waals surface area contributed by atoms with Crippen molar-refractivity contribution in [3.63, 3.8) is 0 Å². The molecule has 0 spiro atoms. The van der Waals surface area contributed by atoms with Crippen LogP contribution in [0, 0.1) is 5.41 Å². The van der Waals surface area contributed by atoms with Crippen molar-refractivity contribution < 1.29 is 5.11 Å². The smallest absolute Gasteiger partial charge is 0.0863 e. The molecule has 0 saturated heterocycles. The van der Waals surface area contributed by atoms with Gasteiger partial charge in [0.05, 0.1) is 16.4 Å². The van der Waals surface area contributed by atoms with Gasteiger partial charge in [0.2, 0.25) is 0 Å². The highest BCUT2D eigenvalue weighted by molar-refractivity contribution is 6.31. The first kappa shape index (κ1) is 16.5. The molecule has 0 aliphatic heterocycles. The van der Waals surface area contributed by atoms with Gasteiger partial charge in [0, 0.05) is 26.7 Å². The number of hydrogen-bond acceptors (Lipinski definition) is 3. The highest BCUT2D eigenvalue weighted by atomic mass is 35.5. The second kappa shape index (κ2) is 7.27. The van der Waals surface area contributed by atoms with E-state index in [1.165, 1.54) is 0 Å². The Morgan fingerprint density at radius 3 is 2.63 bits per heavy atom. The van der Waals surface area contributed by atoms with Crippen molar-refractivity contribution in [2.24, 2.45) is 12.5 Å². The molecule has 0 fully saturated rings. The van der Waals surface area contributed by atoms with Crippen molar-refractivity contribution in [1.29, 1.82) is 0 Å². The molecule has 0 saturated carbocycles. The molecule has 0 aliphatic rings. The van der Waals surface area contributed by atoms with Gasteiger partial charge in [0.1, 0.15) is 0 Å². The number of aryl methyl sites for hydroxylation is 2. The van der Waals surface area contributed by atoms with E-state index in [1.54, 1.807) is 0 Å². The summed E-state index contributed by atoms with van der Waals surface area (Å²) in [5.41, 5.74) is 2.18. The first-order valence-electron chi connectivity index (χ1n) is 6.93. The van der Waals surface area contributed by atoms with Crippen LogP contribution < -0.4 is 5.32 Å². The summed E-state index contributed by atoms with van der Waals surface area (Å²) in [7, 11) is 1.93. The van der Waals surface area contributed by atoms with Gasteiger partial charge < -0.3 is 10.4 Å². The average molecular weight is 288 g/mol. The second-order valence-corrected chi connectivity index (χ2v) is 6.16. The molecule has 1 aromatic heterocycles. The molecule has 2 N–H and O–H groups in total. The summed E-state index contributed by atoms with van der Waals surface area (Å²) in [5.74, 6) is 0. The lowest BCUT2D eigenvalue weighted by Crippen LogP contribution is -2.30. The zero-order valence-corrected chi connectivity index (χ0v) is 13.2. The summed E-state index contributed by atoms with van der Waals surface area (Å²) in [6, 6.07) is 0. The monoisotopic (exact) mass is 287 g/mol. The van der Waals surface area contributed by atoms with Crippen molar-refractivity contribution >= 4 is 11.6 Å². The normalized spacial score (nSPS) is 12.1. The third kappa shape index (κ3) is 4.79. The van der Waals surface area contributed by atoms with E-state index in [2.05, 4.69) is 31.2 Å². The van der Waals surface area contributed by atoms with Gasteiger partial charge >= 0.3 is 0 Å². The lowest BCUT2D eigenvalue weighted by molar-refractivity contribution is 0.236. The quantitative estimate of drug-likeness (QED) is 0.772. The van der Waals surface area contributed by atoms with Crippen molar-refractivity contribution in [2.45, 2.75) is 46.6 Å². The lowest BCUT2D eigenvalue weighted by Gasteiger charge is -2.24. The second-order valence-electron chi connectivity index (χ2n) is 5.78. The third-order valence-electron chi connectivity index (χ3n) is 3.41. The van der Waals surface area contributed by atoms with Gasteiger partial charge in [-0.25, -0.2) is 0 Å². The van der Waals surface area contributed by atoms with Crippen molar-refractivity contribution in [3.8, 4) is 0 Å². The van der Waals surface area contributed by atoms with Gasteiger partial charge in [-0.1, -0.05) is 32.4 Å². The number of hydrogen-bond donors (Lipinski definition) is 2. The Kier molecular flexibility index (Phi) is 6.30. The van der Waals surface area contributed by atoms with Crippen LogP contribution in [0.3, 0.4) is 0 Å². The number of aliphatic hydroxyl groups excluding tert-OH is 1. The summed E-state index contributed by atoms with van der Waals surface area (Å²) >= 11 is 6.31. The van der Waals surface area contributed by atoms with Crippen LogP contribution >= 0.6 is 11.6 Å². The molecule has 0 aliphatic carbocycles. The van der Waals surface area contributed by atoms with Crippen LogP contribution in [-0.4, -0.2) is 28.0 Å². The van der Waals surface area contributed by atoms with E-state index in [0.717, 1.165) is 48.8 Å². The van der Waals surface area contributed by atoms with Crippen LogP contribution in [-0.2, 0) is 20.0 Å². The van der Waals surface area contributed by atoms with E-state index in [1.807, 2.05) is 11.7 Å². The minimum absolute atomic E-state index is 0.182. The Labute approximate surface area is 121 Å². The highest BCUT2D eigenvalue weighted by Crippen LogP contribution is 2.23. The summed E-state index contributed by atoms with van der Waals surface area (Å²) in [6.45, 7) is 8.36. The number of aliphatic hydroxyl groups is 1. The number of aromatic nitrogens is 2. The average Bonchev–Trinajstić information content (AvgIpc) is 2.63. The summed E-state index contributed by atoms with van der Waals surface area (Å²) < 4.78 is 1.86. The van der Waals surface area contributed by atoms with E-state index < -0.39 is 0 Å².